The Labute approximate surface area is 93.3 Å². The van der Waals surface area contributed by atoms with Crippen LogP contribution in [0.25, 0.3) is 0 Å². The van der Waals surface area contributed by atoms with Crippen LogP contribution in [0.3, 0.4) is 0 Å². The summed E-state index contributed by atoms with van der Waals surface area (Å²) in [5.41, 5.74) is 5.67. The molecule has 0 bridgehead atoms. The van der Waals surface area contributed by atoms with Crippen LogP contribution in [0, 0.1) is 0 Å². The number of rotatable bonds is 3. The van der Waals surface area contributed by atoms with Gasteiger partial charge in [-0.05, 0) is 13.8 Å². The average molecular weight is 228 g/mol. The van der Waals surface area contributed by atoms with Gasteiger partial charge in [-0.15, -0.1) is 0 Å². The van der Waals surface area contributed by atoms with Crippen molar-refractivity contribution in [3.8, 4) is 0 Å². The molecule has 0 unspecified atom stereocenters. The highest BCUT2D eigenvalue weighted by Gasteiger charge is 2.20. The number of thiazole rings is 1. The second kappa shape index (κ2) is 4.48. The molecule has 0 saturated carbocycles. The second-order valence-electron chi connectivity index (χ2n) is 3.49. The fraction of sp³-hybridized carbons (Fsp3) is 0.556. The van der Waals surface area contributed by atoms with Gasteiger partial charge in [-0.25, -0.2) is 4.98 Å². The van der Waals surface area contributed by atoms with Crippen LogP contribution in [0.2, 0.25) is 0 Å². The first-order valence-corrected chi connectivity index (χ1v) is 5.50. The summed E-state index contributed by atoms with van der Waals surface area (Å²) < 4.78 is 0. The molecule has 0 aliphatic rings. The minimum Gasteiger partial charge on any atom is -0.382 e. The zero-order valence-corrected chi connectivity index (χ0v) is 10.2. The summed E-state index contributed by atoms with van der Waals surface area (Å²) in [5, 5.41) is 3.53. The van der Waals surface area contributed by atoms with Crippen LogP contribution in [0.15, 0.2) is 0 Å². The lowest BCUT2D eigenvalue weighted by Crippen LogP contribution is -2.32. The van der Waals surface area contributed by atoms with Gasteiger partial charge in [0, 0.05) is 20.1 Å². The summed E-state index contributed by atoms with van der Waals surface area (Å²) in [7, 11) is 3.50. The third kappa shape index (κ3) is 2.38. The van der Waals surface area contributed by atoms with E-state index in [1.54, 1.807) is 19.0 Å². The zero-order chi connectivity index (χ0) is 11.6. The highest BCUT2D eigenvalue weighted by molar-refractivity contribution is 7.18. The van der Waals surface area contributed by atoms with Crippen molar-refractivity contribution in [1.82, 2.24) is 9.88 Å². The molecule has 3 N–H and O–H groups in total. The van der Waals surface area contributed by atoms with Crippen molar-refractivity contribution in [2.45, 2.75) is 19.9 Å². The molecule has 1 rings (SSSR count). The van der Waals surface area contributed by atoms with Crippen LogP contribution in [0.4, 0.5) is 10.9 Å². The topological polar surface area (TPSA) is 71.2 Å². The molecule has 0 aliphatic heterocycles. The maximum atomic E-state index is 11.9. The Balaban J connectivity index is 2.95. The lowest BCUT2D eigenvalue weighted by molar-refractivity contribution is 0.0760. The summed E-state index contributed by atoms with van der Waals surface area (Å²) in [6.07, 6.45) is 0. The molecule has 0 aromatic carbocycles. The van der Waals surface area contributed by atoms with Gasteiger partial charge in [0.25, 0.3) is 5.91 Å². The Morgan fingerprint density at radius 3 is 2.60 bits per heavy atom. The number of nitrogens with one attached hydrogen (secondary N) is 1. The van der Waals surface area contributed by atoms with Crippen LogP contribution in [0.5, 0.6) is 0 Å². The molecule has 1 heterocycles. The Morgan fingerprint density at radius 2 is 2.20 bits per heavy atom. The highest BCUT2D eigenvalue weighted by atomic mass is 32.1. The summed E-state index contributed by atoms with van der Waals surface area (Å²) in [5.74, 6) is 0.211. The van der Waals surface area contributed by atoms with Crippen LogP contribution in [-0.2, 0) is 0 Å². The van der Waals surface area contributed by atoms with E-state index in [0.717, 1.165) is 0 Å². The minimum absolute atomic E-state index is 0.0819. The predicted molar refractivity (Wildman–Crippen MR) is 63.3 cm³/mol. The number of nitrogens with zero attached hydrogens (tertiary/aromatic N) is 2. The van der Waals surface area contributed by atoms with E-state index in [-0.39, 0.29) is 11.9 Å². The number of aromatic nitrogens is 1. The molecule has 1 amide bonds. The van der Waals surface area contributed by atoms with Gasteiger partial charge in [0.15, 0.2) is 5.13 Å². The highest BCUT2D eigenvalue weighted by Crippen LogP contribution is 2.25. The lowest BCUT2D eigenvalue weighted by Gasteiger charge is -2.20. The summed E-state index contributed by atoms with van der Waals surface area (Å²) in [6.45, 7) is 3.90. The van der Waals surface area contributed by atoms with E-state index in [1.807, 2.05) is 13.8 Å². The largest absolute Gasteiger partial charge is 0.382 e. The Kier molecular flexibility index (Phi) is 3.52. The van der Waals surface area contributed by atoms with Crippen molar-refractivity contribution in [1.29, 1.82) is 0 Å². The van der Waals surface area contributed by atoms with Gasteiger partial charge in [-0.1, -0.05) is 11.3 Å². The Hall–Kier alpha value is -1.30. The number of nitrogens with two attached hydrogens (primary N) is 1. The number of anilines is 2. The minimum atomic E-state index is -0.0819. The second-order valence-corrected chi connectivity index (χ2v) is 4.49. The molecule has 1 aromatic heterocycles. The van der Waals surface area contributed by atoms with Crippen molar-refractivity contribution < 1.29 is 4.79 Å². The summed E-state index contributed by atoms with van der Waals surface area (Å²) in [6, 6.07) is 0.150. The molecule has 0 aliphatic carbocycles. The van der Waals surface area contributed by atoms with Gasteiger partial charge in [-0.2, -0.15) is 0 Å². The molecular weight excluding hydrogens is 212 g/mol. The molecular formula is C9H16N4OS. The maximum absolute atomic E-state index is 11.9. The summed E-state index contributed by atoms with van der Waals surface area (Å²) >= 11 is 1.27. The molecule has 0 atom stereocenters. The van der Waals surface area contributed by atoms with Crippen LogP contribution >= 0.6 is 11.3 Å². The Morgan fingerprint density at radius 1 is 1.60 bits per heavy atom. The fourth-order valence-electron chi connectivity index (χ4n) is 0.987. The molecule has 84 valence electrons. The van der Waals surface area contributed by atoms with Crippen molar-refractivity contribution in [3.63, 3.8) is 0 Å². The molecule has 5 nitrogen and oxygen atoms in total. The van der Waals surface area contributed by atoms with Gasteiger partial charge < -0.3 is 16.0 Å². The lowest BCUT2D eigenvalue weighted by atomic mass is 10.3. The van der Waals surface area contributed by atoms with E-state index in [1.165, 1.54) is 11.3 Å². The third-order valence-electron chi connectivity index (χ3n) is 2.16. The van der Waals surface area contributed by atoms with Gasteiger partial charge in [0.2, 0.25) is 0 Å². The molecule has 0 fully saturated rings. The predicted octanol–water partition coefficient (Wildman–Crippen LogP) is 1.25. The van der Waals surface area contributed by atoms with E-state index in [2.05, 4.69) is 10.3 Å². The van der Waals surface area contributed by atoms with E-state index >= 15 is 0 Å². The maximum Gasteiger partial charge on any atom is 0.267 e. The third-order valence-corrected chi connectivity index (χ3v) is 3.23. The van der Waals surface area contributed by atoms with E-state index in [4.69, 9.17) is 5.73 Å². The van der Waals surface area contributed by atoms with Gasteiger partial charge in [-0.3, -0.25) is 4.79 Å². The monoisotopic (exact) mass is 228 g/mol. The average Bonchev–Trinajstić information content (AvgIpc) is 2.57. The number of carbonyl (C=O) groups excluding carboxylic acids is 1. The molecule has 6 heteroatoms. The quantitative estimate of drug-likeness (QED) is 0.816. The molecule has 0 radical (unpaired) electrons. The van der Waals surface area contributed by atoms with Gasteiger partial charge >= 0.3 is 0 Å². The number of nitrogen functional groups attached to an aromatic ring is 1. The van der Waals surface area contributed by atoms with Crippen molar-refractivity contribution >= 4 is 28.2 Å². The first-order valence-electron chi connectivity index (χ1n) is 4.68. The van der Waals surface area contributed by atoms with E-state index in [0.29, 0.717) is 15.8 Å². The molecule has 0 saturated heterocycles. The first kappa shape index (κ1) is 11.8. The van der Waals surface area contributed by atoms with Crippen molar-refractivity contribution in [2.75, 3.05) is 25.1 Å². The van der Waals surface area contributed by atoms with Crippen molar-refractivity contribution in [2.24, 2.45) is 0 Å². The number of amides is 1. The summed E-state index contributed by atoms with van der Waals surface area (Å²) in [4.78, 5) is 18.1. The zero-order valence-electron chi connectivity index (χ0n) is 9.37. The Bertz CT molecular complexity index is 361. The van der Waals surface area contributed by atoms with E-state index < -0.39 is 0 Å². The van der Waals surface area contributed by atoms with Gasteiger partial charge in [0.1, 0.15) is 10.7 Å². The fourth-order valence-corrected chi connectivity index (χ4v) is 1.81. The SMILES string of the molecule is CNc1nc(N)c(C(=O)N(C)C(C)C)s1. The standard InChI is InChI=1S/C9H16N4OS/c1-5(2)13(4)8(14)6-7(10)12-9(11-3)15-6/h5H,10H2,1-4H3,(H,11,12). The number of hydrogen-bond donors (Lipinski definition) is 2. The molecule has 15 heavy (non-hydrogen) atoms. The molecule has 0 spiro atoms. The number of hydrogen-bond acceptors (Lipinski definition) is 5. The van der Waals surface area contributed by atoms with Crippen LogP contribution in [0.1, 0.15) is 23.5 Å². The smallest absolute Gasteiger partial charge is 0.267 e. The normalized spacial score (nSPS) is 10.5. The first-order chi connectivity index (χ1) is 6.97. The van der Waals surface area contributed by atoms with Crippen LogP contribution in [-0.4, -0.2) is 35.9 Å². The number of carbonyl (C=O) groups is 1. The van der Waals surface area contributed by atoms with Crippen molar-refractivity contribution in [3.05, 3.63) is 4.88 Å². The van der Waals surface area contributed by atoms with Gasteiger partial charge in [0.05, 0.1) is 0 Å². The molecule has 1 aromatic rings. The van der Waals surface area contributed by atoms with E-state index in [9.17, 15) is 4.79 Å². The van der Waals surface area contributed by atoms with Crippen LogP contribution < -0.4 is 11.1 Å².